The maximum Gasteiger partial charge on any atom is 0.331 e. The highest BCUT2D eigenvalue weighted by Gasteiger charge is 2.17. The van der Waals surface area contributed by atoms with Crippen molar-refractivity contribution in [3.8, 4) is 0 Å². The minimum atomic E-state index is -3.29. The summed E-state index contributed by atoms with van der Waals surface area (Å²) >= 11 is 1.38. The van der Waals surface area contributed by atoms with E-state index in [1.54, 1.807) is 28.8 Å². The van der Waals surface area contributed by atoms with Crippen molar-refractivity contribution < 1.29 is 8.42 Å². The molecule has 186 valence electrons. The third-order valence-electron chi connectivity index (χ3n) is 5.28. The van der Waals surface area contributed by atoms with Crippen LogP contribution in [0.2, 0.25) is 0 Å². The van der Waals surface area contributed by atoms with Crippen LogP contribution in [0.5, 0.6) is 0 Å². The Hall–Kier alpha value is -3.04. The van der Waals surface area contributed by atoms with Gasteiger partial charge in [0.1, 0.15) is 0 Å². The number of hydrogen-bond acceptors (Lipinski definition) is 6. The second-order valence-corrected chi connectivity index (χ2v) is 12.7. The summed E-state index contributed by atoms with van der Waals surface area (Å²) in [5, 5.41) is 4.59. The monoisotopic (exact) mass is 513 g/mol. The molecule has 0 atom stereocenters. The van der Waals surface area contributed by atoms with Crippen molar-refractivity contribution in [2.24, 2.45) is 12.5 Å². The normalized spacial score (nSPS) is 12.9. The molecule has 3 rings (SSSR count). The zero-order valence-corrected chi connectivity index (χ0v) is 22.3. The van der Waals surface area contributed by atoms with Crippen molar-refractivity contribution in [2.75, 3.05) is 6.26 Å². The van der Waals surface area contributed by atoms with E-state index in [2.05, 4.69) is 11.9 Å². The molecule has 1 heterocycles. The van der Waals surface area contributed by atoms with Crippen molar-refractivity contribution in [3.63, 3.8) is 0 Å². The summed E-state index contributed by atoms with van der Waals surface area (Å²) in [5.41, 5.74) is -0.191. The van der Waals surface area contributed by atoms with Crippen LogP contribution in [0.25, 0.3) is 11.6 Å². The van der Waals surface area contributed by atoms with E-state index in [0.29, 0.717) is 28.7 Å². The number of nitrogens with zero attached hydrogens (tertiary/aromatic N) is 2. The summed E-state index contributed by atoms with van der Waals surface area (Å²) in [6.45, 7) is 10.9. The minimum Gasteiger partial charge on any atom is -0.375 e. The highest BCUT2D eigenvalue weighted by atomic mass is 32.2. The number of aromatic nitrogens is 2. The molecule has 0 radical (unpaired) electrons. The second-order valence-electron chi connectivity index (χ2n) is 9.63. The molecule has 0 unspecified atom stereocenters. The second kappa shape index (κ2) is 10.3. The molecular weight excluding hydrogens is 482 g/mol. The predicted octanol–water partition coefficient (Wildman–Crippen LogP) is 2.05. The minimum absolute atomic E-state index is 0.202. The lowest BCUT2D eigenvalue weighted by Gasteiger charge is -2.21. The Morgan fingerprint density at radius 2 is 1.63 bits per heavy atom. The molecule has 1 N–H and O–H groups in total. The molecule has 0 saturated carbocycles. The van der Waals surface area contributed by atoms with Gasteiger partial charge in [0.25, 0.3) is 5.56 Å². The molecule has 2 aromatic carbocycles. The molecule has 7 nitrogen and oxygen atoms in total. The third-order valence-corrected chi connectivity index (χ3v) is 7.47. The molecule has 0 saturated heterocycles. The lowest BCUT2D eigenvalue weighted by molar-refractivity contribution is 0.326. The summed E-state index contributed by atoms with van der Waals surface area (Å²) in [6.07, 6.45) is 1.17. The Kier molecular flexibility index (Phi) is 7.81. The summed E-state index contributed by atoms with van der Waals surface area (Å²) in [6, 6.07) is 16.2. The fraction of sp³-hybridized carbons (Fsp3) is 0.308. The average molecular weight is 514 g/mol. The van der Waals surface area contributed by atoms with Gasteiger partial charge >= 0.3 is 5.69 Å². The zero-order valence-electron chi connectivity index (χ0n) is 20.7. The number of rotatable bonds is 7. The maximum atomic E-state index is 13.3. The van der Waals surface area contributed by atoms with Crippen LogP contribution in [0.1, 0.15) is 26.3 Å². The number of thioether (sulfide) groups is 1. The molecule has 0 aliphatic heterocycles. The van der Waals surface area contributed by atoms with Crippen LogP contribution in [0.3, 0.4) is 0 Å². The van der Waals surface area contributed by atoms with Gasteiger partial charge in [-0.1, -0.05) is 69.4 Å². The van der Waals surface area contributed by atoms with Gasteiger partial charge in [-0.25, -0.2) is 13.2 Å². The molecular formula is C26H31N3O4S2. The Morgan fingerprint density at radius 3 is 2.17 bits per heavy atom. The van der Waals surface area contributed by atoms with E-state index in [4.69, 9.17) is 0 Å². The van der Waals surface area contributed by atoms with Crippen molar-refractivity contribution in [3.05, 3.63) is 91.6 Å². The van der Waals surface area contributed by atoms with E-state index < -0.39 is 21.1 Å². The fourth-order valence-electron chi connectivity index (χ4n) is 3.49. The highest BCUT2D eigenvalue weighted by Crippen LogP contribution is 2.24. The number of sulfone groups is 1. The molecule has 0 aliphatic rings. The smallest absolute Gasteiger partial charge is 0.331 e. The Morgan fingerprint density at radius 1 is 1.03 bits per heavy atom. The summed E-state index contributed by atoms with van der Waals surface area (Å²) in [5.74, 6) is 0. The van der Waals surface area contributed by atoms with Crippen molar-refractivity contribution in [2.45, 2.75) is 43.7 Å². The summed E-state index contributed by atoms with van der Waals surface area (Å²) in [7, 11) is -1.82. The first-order chi connectivity index (χ1) is 16.3. The molecule has 0 aliphatic carbocycles. The number of nitrogens with one attached hydrogen (secondary N) is 1. The molecule has 35 heavy (non-hydrogen) atoms. The standard InChI is InChI=1S/C26H31N3O4S2/c1-18-22(24(30)28(5)25(31)29(18)17-26(2,3)4)23(34-20-10-8-7-9-11-20)27-16-19-12-14-21(15-13-19)35(6,32)33/h7-15,27H,1,16-17H2,2-6H3/b23-22-. The van der Waals surface area contributed by atoms with Crippen LogP contribution in [-0.2, 0) is 30.0 Å². The molecule has 0 bridgehead atoms. The molecule has 0 spiro atoms. The number of hydrogen-bond donors (Lipinski definition) is 1. The topological polar surface area (TPSA) is 90.2 Å². The first kappa shape index (κ1) is 26.6. The lowest BCUT2D eigenvalue weighted by atomic mass is 9.97. The molecule has 0 amide bonds. The molecule has 0 fully saturated rings. The van der Waals surface area contributed by atoms with Crippen molar-refractivity contribution in [1.82, 2.24) is 14.5 Å². The SMILES string of the molecule is C=c1/c(=C(\NCc2ccc(S(C)(=O)=O)cc2)Sc2ccccc2)c(=O)n(C)c(=O)n1CC(C)(C)C. The Bertz CT molecular complexity index is 1550. The molecule has 9 heteroatoms. The zero-order chi connectivity index (χ0) is 26.0. The van der Waals surface area contributed by atoms with Gasteiger partial charge in [-0.15, -0.1) is 0 Å². The van der Waals surface area contributed by atoms with E-state index in [9.17, 15) is 18.0 Å². The van der Waals surface area contributed by atoms with E-state index in [1.807, 2.05) is 51.1 Å². The maximum absolute atomic E-state index is 13.3. The van der Waals surface area contributed by atoms with E-state index in [1.165, 1.54) is 25.1 Å². The van der Waals surface area contributed by atoms with Crippen LogP contribution in [0, 0.1) is 5.41 Å². The van der Waals surface area contributed by atoms with Gasteiger partial charge in [0.2, 0.25) is 0 Å². The van der Waals surface area contributed by atoms with Gasteiger partial charge in [-0.05, 0) is 35.2 Å². The number of benzene rings is 2. The van der Waals surface area contributed by atoms with Crippen LogP contribution in [0.15, 0.2) is 74.0 Å². The fourth-order valence-corrected chi connectivity index (χ4v) is 5.10. The first-order valence-electron chi connectivity index (χ1n) is 11.1. The average Bonchev–Trinajstić information content (AvgIpc) is 2.78. The van der Waals surface area contributed by atoms with E-state index in [0.717, 1.165) is 15.0 Å². The van der Waals surface area contributed by atoms with Crippen molar-refractivity contribution in [1.29, 1.82) is 0 Å². The Balaban J connectivity index is 2.17. The van der Waals surface area contributed by atoms with Gasteiger partial charge in [-0.3, -0.25) is 13.9 Å². The Labute approximate surface area is 209 Å². The van der Waals surface area contributed by atoms with Gasteiger partial charge in [0.05, 0.1) is 20.5 Å². The molecule has 3 aromatic rings. The van der Waals surface area contributed by atoms with Gasteiger partial charge in [-0.2, -0.15) is 0 Å². The summed E-state index contributed by atoms with van der Waals surface area (Å²) in [4.78, 5) is 27.4. The van der Waals surface area contributed by atoms with E-state index >= 15 is 0 Å². The van der Waals surface area contributed by atoms with Crippen LogP contribution >= 0.6 is 11.8 Å². The van der Waals surface area contributed by atoms with E-state index in [-0.39, 0.29) is 10.3 Å². The third kappa shape index (κ3) is 6.55. The van der Waals surface area contributed by atoms with Crippen molar-refractivity contribution >= 4 is 33.2 Å². The molecule has 1 aromatic heterocycles. The lowest BCUT2D eigenvalue weighted by Crippen LogP contribution is -2.59. The largest absolute Gasteiger partial charge is 0.375 e. The van der Waals surface area contributed by atoms with Crippen LogP contribution in [-0.4, -0.2) is 23.8 Å². The quantitative estimate of drug-likeness (QED) is 0.487. The predicted molar refractivity (Wildman–Crippen MR) is 142 cm³/mol. The summed E-state index contributed by atoms with van der Waals surface area (Å²) < 4.78 is 26.2. The van der Waals surface area contributed by atoms with Crippen LogP contribution < -0.4 is 27.1 Å². The highest BCUT2D eigenvalue weighted by molar-refractivity contribution is 8.07. The van der Waals surface area contributed by atoms with Gasteiger partial charge in [0.15, 0.2) is 9.84 Å². The first-order valence-corrected chi connectivity index (χ1v) is 13.8. The van der Waals surface area contributed by atoms with Crippen LogP contribution in [0.4, 0.5) is 0 Å². The van der Waals surface area contributed by atoms with Gasteiger partial charge < -0.3 is 5.32 Å². The van der Waals surface area contributed by atoms with Gasteiger partial charge in [0, 0.05) is 31.3 Å².